The van der Waals surface area contributed by atoms with Gasteiger partial charge in [0.1, 0.15) is 6.33 Å². The summed E-state index contributed by atoms with van der Waals surface area (Å²) in [5.74, 6) is 0.0300. The summed E-state index contributed by atoms with van der Waals surface area (Å²) < 4.78 is 1.55. The van der Waals surface area contributed by atoms with E-state index in [1.807, 2.05) is 4.90 Å². The maximum atomic E-state index is 12.2. The Kier molecular flexibility index (Phi) is 2.76. The summed E-state index contributed by atoms with van der Waals surface area (Å²) >= 11 is 1.30. The van der Waals surface area contributed by atoms with Gasteiger partial charge < -0.3 is 4.90 Å². The highest BCUT2D eigenvalue weighted by molar-refractivity contribution is 7.18. The highest BCUT2D eigenvalue weighted by atomic mass is 32.1. The largest absolute Gasteiger partial charge is 0.337 e. The summed E-state index contributed by atoms with van der Waals surface area (Å²) in [6, 6.07) is 0. The Morgan fingerprint density at radius 1 is 1.24 bits per heavy atom. The van der Waals surface area contributed by atoms with Crippen LogP contribution in [0.4, 0.5) is 0 Å². The Hall–Kier alpha value is -1.50. The molecule has 90 valence electrons. The van der Waals surface area contributed by atoms with E-state index in [1.54, 1.807) is 4.52 Å². The fraction of sp³-hybridized carbons (Fsp3) is 0.600. The summed E-state index contributed by atoms with van der Waals surface area (Å²) in [7, 11) is 0. The van der Waals surface area contributed by atoms with Crippen LogP contribution < -0.4 is 0 Å². The molecule has 0 spiro atoms. The topological polar surface area (TPSA) is 63.4 Å². The monoisotopic (exact) mass is 251 g/mol. The van der Waals surface area contributed by atoms with Crippen molar-refractivity contribution in [3.63, 3.8) is 0 Å². The number of likely N-dealkylation sites (tertiary alicyclic amines) is 1. The third-order valence-corrected chi connectivity index (χ3v) is 3.86. The molecule has 7 heteroatoms. The van der Waals surface area contributed by atoms with E-state index < -0.39 is 0 Å². The molecule has 0 aliphatic carbocycles. The molecule has 6 nitrogen and oxygen atoms in total. The lowest BCUT2D eigenvalue weighted by Crippen LogP contribution is -2.31. The number of hydrogen-bond acceptors (Lipinski definition) is 5. The van der Waals surface area contributed by atoms with Crippen LogP contribution in [0, 0.1) is 0 Å². The maximum Gasteiger partial charge on any atom is 0.284 e. The van der Waals surface area contributed by atoms with Gasteiger partial charge in [-0.1, -0.05) is 24.2 Å². The van der Waals surface area contributed by atoms with Crippen LogP contribution in [-0.4, -0.2) is 43.7 Å². The zero-order valence-corrected chi connectivity index (χ0v) is 10.2. The van der Waals surface area contributed by atoms with Crippen LogP contribution in [-0.2, 0) is 0 Å². The normalized spacial score (nSPS) is 17.3. The Bertz CT molecular complexity index is 497. The summed E-state index contributed by atoms with van der Waals surface area (Å²) in [5, 5.41) is 12.3. The molecule has 17 heavy (non-hydrogen) atoms. The minimum Gasteiger partial charge on any atom is -0.337 e. The first-order valence-corrected chi connectivity index (χ1v) is 6.62. The second kappa shape index (κ2) is 4.40. The van der Waals surface area contributed by atoms with E-state index in [1.165, 1.54) is 30.5 Å². The van der Waals surface area contributed by atoms with Crippen molar-refractivity contribution < 1.29 is 4.79 Å². The summed E-state index contributed by atoms with van der Waals surface area (Å²) in [6.07, 6.45) is 6.14. The third kappa shape index (κ3) is 2.02. The molecule has 0 unspecified atom stereocenters. The van der Waals surface area contributed by atoms with E-state index in [0.717, 1.165) is 25.9 Å². The van der Waals surface area contributed by atoms with Gasteiger partial charge in [0.25, 0.3) is 5.91 Å². The Morgan fingerprint density at radius 3 is 2.71 bits per heavy atom. The molecule has 1 fully saturated rings. The lowest BCUT2D eigenvalue weighted by molar-refractivity contribution is 0.0760. The van der Waals surface area contributed by atoms with Gasteiger partial charge in [-0.25, -0.2) is 0 Å². The van der Waals surface area contributed by atoms with Gasteiger partial charge in [-0.15, -0.1) is 15.3 Å². The number of rotatable bonds is 1. The fourth-order valence-corrected chi connectivity index (χ4v) is 2.84. The van der Waals surface area contributed by atoms with E-state index in [9.17, 15) is 4.79 Å². The van der Waals surface area contributed by atoms with Gasteiger partial charge in [-0.3, -0.25) is 4.79 Å². The highest BCUT2D eigenvalue weighted by Crippen LogP contribution is 2.17. The molecule has 1 aliphatic heterocycles. The van der Waals surface area contributed by atoms with E-state index in [-0.39, 0.29) is 5.91 Å². The molecular weight excluding hydrogens is 238 g/mol. The standard InChI is InChI=1S/C10H13N5OS/c16-9(14-5-3-1-2-4-6-14)8-13-15-7-11-12-10(15)17-8/h7H,1-6H2. The van der Waals surface area contributed by atoms with Crippen LogP contribution in [0.25, 0.3) is 4.96 Å². The first kappa shape index (κ1) is 10.6. The number of hydrogen-bond donors (Lipinski definition) is 0. The van der Waals surface area contributed by atoms with Crippen molar-refractivity contribution in [2.75, 3.05) is 13.1 Å². The smallest absolute Gasteiger partial charge is 0.284 e. The minimum absolute atomic E-state index is 0.0300. The first-order valence-electron chi connectivity index (χ1n) is 5.81. The lowest BCUT2D eigenvalue weighted by Gasteiger charge is -2.18. The molecule has 1 aliphatic rings. The molecule has 0 bridgehead atoms. The SMILES string of the molecule is O=C(c1nn2cnnc2s1)N1CCCCCC1. The average Bonchev–Trinajstić information content (AvgIpc) is 2.80. The molecule has 1 saturated heterocycles. The number of nitrogens with zero attached hydrogens (tertiary/aromatic N) is 5. The van der Waals surface area contributed by atoms with Gasteiger partial charge in [0.15, 0.2) is 0 Å². The van der Waals surface area contributed by atoms with Crippen molar-refractivity contribution in [1.82, 2.24) is 24.7 Å². The molecule has 3 heterocycles. The minimum atomic E-state index is 0.0300. The van der Waals surface area contributed by atoms with Gasteiger partial charge in [0.05, 0.1) is 0 Å². The van der Waals surface area contributed by atoms with Crippen LogP contribution in [0.2, 0.25) is 0 Å². The molecule has 0 radical (unpaired) electrons. The van der Waals surface area contributed by atoms with Gasteiger partial charge in [-0.05, 0) is 12.8 Å². The number of carbonyl (C=O) groups excluding carboxylic acids is 1. The van der Waals surface area contributed by atoms with E-state index in [4.69, 9.17) is 0 Å². The molecule has 0 saturated carbocycles. The van der Waals surface area contributed by atoms with Gasteiger partial charge in [0.2, 0.25) is 9.97 Å². The zero-order valence-electron chi connectivity index (χ0n) is 9.37. The predicted octanol–water partition coefficient (Wildman–Crippen LogP) is 1.20. The van der Waals surface area contributed by atoms with Crippen LogP contribution in [0.15, 0.2) is 6.33 Å². The number of carbonyl (C=O) groups is 1. The van der Waals surface area contributed by atoms with Crippen molar-refractivity contribution >= 4 is 22.2 Å². The number of amides is 1. The summed E-state index contributed by atoms with van der Waals surface area (Å²) in [6.45, 7) is 1.69. The van der Waals surface area contributed by atoms with Crippen molar-refractivity contribution in [3.05, 3.63) is 11.3 Å². The van der Waals surface area contributed by atoms with Crippen LogP contribution in [0.5, 0.6) is 0 Å². The summed E-state index contributed by atoms with van der Waals surface area (Å²) in [5.41, 5.74) is 0. The Balaban J connectivity index is 1.82. The van der Waals surface area contributed by atoms with Crippen molar-refractivity contribution in [1.29, 1.82) is 0 Å². The van der Waals surface area contributed by atoms with Crippen LogP contribution in [0.3, 0.4) is 0 Å². The molecule has 0 atom stereocenters. The molecular formula is C10H13N5OS. The van der Waals surface area contributed by atoms with Crippen LogP contribution in [0.1, 0.15) is 35.5 Å². The second-order valence-corrected chi connectivity index (χ2v) is 5.13. The average molecular weight is 251 g/mol. The van der Waals surface area contributed by atoms with E-state index in [2.05, 4.69) is 15.3 Å². The van der Waals surface area contributed by atoms with E-state index in [0.29, 0.717) is 9.97 Å². The quantitative estimate of drug-likeness (QED) is 0.764. The van der Waals surface area contributed by atoms with Crippen molar-refractivity contribution in [2.45, 2.75) is 25.7 Å². The Labute approximate surface area is 102 Å². The predicted molar refractivity (Wildman–Crippen MR) is 63.0 cm³/mol. The molecule has 2 aromatic heterocycles. The van der Waals surface area contributed by atoms with Crippen LogP contribution >= 0.6 is 11.3 Å². The van der Waals surface area contributed by atoms with Gasteiger partial charge in [-0.2, -0.15) is 4.52 Å². The molecule has 0 aromatic carbocycles. The van der Waals surface area contributed by atoms with Gasteiger partial charge in [0, 0.05) is 13.1 Å². The first-order chi connectivity index (χ1) is 8.34. The summed E-state index contributed by atoms with van der Waals surface area (Å²) in [4.78, 5) is 14.8. The van der Waals surface area contributed by atoms with E-state index >= 15 is 0 Å². The molecule has 0 N–H and O–H groups in total. The number of fused-ring (bicyclic) bond motifs is 1. The lowest BCUT2D eigenvalue weighted by atomic mass is 10.2. The molecule has 1 amide bonds. The van der Waals surface area contributed by atoms with Gasteiger partial charge >= 0.3 is 0 Å². The Morgan fingerprint density at radius 2 is 2.00 bits per heavy atom. The fourth-order valence-electron chi connectivity index (χ4n) is 2.06. The third-order valence-electron chi connectivity index (χ3n) is 2.96. The van der Waals surface area contributed by atoms with Crippen molar-refractivity contribution in [3.8, 4) is 0 Å². The maximum absolute atomic E-state index is 12.2. The number of aromatic nitrogens is 4. The molecule has 2 aromatic rings. The zero-order chi connectivity index (χ0) is 11.7. The van der Waals surface area contributed by atoms with Crippen molar-refractivity contribution in [2.24, 2.45) is 0 Å². The second-order valence-electron chi connectivity index (χ2n) is 4.17. The molecule has 3 rings (SSSR count). The highest BCUT2D eigenvalue weighted by Gasteiger charge is 2.21.